The van der Waals surface area contributed by atoms with Crippen LogP contribution in [0.15, 0.2) is 54.6 Å². The van der Waals surface area contributed by atoms with Gasteiger partial charge >= 0.3 is 5.97 Å². The smallest absolute Gasteiger partial charge is 0.344 e. The molecule has 1 saturated heterocycles. The molecule has 0 saturated carbocycles. The molecule has 192 valence electrons. The van der Waals surface area contributed by atoms with E-state index in [0.29, 0.717) is 12.2 Å². The van der Waals surface area contributed by atoms with E-state index in [0.717, 1.165) is 30.1 Å². The maximum Gasteiger partial charge on any atom is 0.344 e. The number of carbonyl (C=O) groups excluding carboxylic acids is 2. The molecule has 0 bridgehead atoms. The van der Waals surface area contributed by atoms with Crippen LogP contribution in [-0.4, -0.2) is 60.6 Å². The lowest BCUT2D eigenvalue weighted by atomic mass is 10.0. The maximum atomic E-state index is 13.4. The van der Waals surface area contributed by atoms with Gasteiger partial charge in [0.25, 0.3) is 0 Å². The summed E-state index contributed by atoms with van der Waals surface area (Å²) in [6, 6.07) is 18.0. The van der Waals surface area contributed by atoms with Crippen molar-refractivity contribution in [3.63, 3.8) is 0 Å². The van der Waals surface area contributed by atoms with Crippen LogP contribution in [-0.2, 0) is 20.7 Å². The van der Waals surface area contributed by atoms with E-state index in [1.165, 1.54) is 22.9 Å². The fourth-order valence-electron chi connectivity index (χ4n) is 4.56. The molecule has 36 heavy (non-hydrogen) atoms. The molecule has 0 radical (unpaired) electrons. The number of likely N-dealkylation sites (N-methyl/N-ethyl adjacent to an activating group) is 1. The summed E-state index contributed by atoms with van der Waals surface area (Å²) in [6.07, 6.45) is 2.75. The van der Waals surface area contributed by atoms with Gasteiger partial charge in [0.05, 0.1) is 12.5 Å². The molecule has 1 aliphatic heterocycles. The van der Waals surface area contributed by atoms with Gasteiger partial charge in [-0.3, -0.25) is 4.79 Å². The largest absolute Gasteiger partial charge is 0.482 e. The number of nitrogens with zero attached hydrogens (tertiary/aromatic N) is 2. The van der Waals surface area contributed by atoms with Crippen molar-refractivity contribution >= 4 is 33.3 Å². The van der Waals surface area contributed by atoms with Crippen LogP contribution in [0.1, 0.15) is 50.1 Å². The Hall–Kier alpha value is -2.90. The minimum atomic E-state index is -0.555. The molecule has 0 aliphatic carbocycles. The van der Waals surface area contributed by atoms with E-state index in [9.17, 15) is 9.59 Å². The molecule has 6 nitrogen and oxygen atoms in total. The molecule has 7 heteroatoms. The highest BCUT2D eigenvalue weighted by Crippen LogP contribution is 2.29. The van der Waals surface area contributed by atoms with Crippen LogP contribution in [0.3, 0.4) is 0 Å². The molecule has 1 aromatic heterocycles. The first-order valence-corrected chi connectivity index (χ1v) is 13.4. The molecule has 2 heterocycles. The topological polar surface area (TPSA) is 59.1 Å². The van der Waals surface area contributed by atoms with Crippen molar-refractivity contribution < 1.29 is 19.1 Å². The molecular formula is C29H36N2O4S. The molecule has 1 amide bonds. The van der Waals surface area contributed by atoms with Crippen molar-refractivity contribution in [3.05, 3.63) is 65.0 Å². The molecule has 3 aromatic rings. The van der Waals surface area contributed by atoms with Gasteiger partial charge in [0.2, 0.25) is 5.91 Å². The van der Waals surface area contributed by atoms with Crippen molar-refractivity contribution in [1.29, 1.82) is 0 Å². The average molecular weight is 509 g/mol. The number of esters is 1. The summed E-state index contributed by atoms with van der Waals surface area (Å²) in [5.41, 5.74) is 0.441. The number of carbonyl (C=O) groups is 2. The summed E-state index contributed by atoms with van der Waals surface area (Å²) >= 11 is 1.68. The second kappa shape index (κ2) is 11.4. The lowest BCUT2D eigenvalue weighted by Crippen LogP contribution is -2.39. The molecule has 1 aliphatic rings. The number of amides is 1. The van der Waals surface area contributed by atoms with E-state index in [1.807, 2.05) is 69.1 Å². The van der Waals surface area contributed by atoms with Gasteiger partial charge in [0.1, 0.15) is 11.4 Å². The van der Waals surface area contributed by atoms with Gasteiger partial charge in [-0.2, -0.15) is 0 Å². The third kappa shape index (κ3) is 7.08. The van der Waals surface area contributed by atoms with Gasteiger partial charge in [0, 0.05) is 23.2 Å². The minimum absolute atomic E-state index is 0.0887. The monoisotopic (exact) mass is 508 g/mol. The Morgan fingerprint density at radius 2 is 1.81 bits per heavy atom. The maximum absolute atomic E-state index is 13.4. The van der Waals surface area contributed by atoms with Crippen LogP contribution in [0.25, 0.3) is 10.1 Å². The Morgan fingerprint density at radius 3 is 2.53 bits per heavy atom. The van der Waals surface area contributed by atoms with Gasteiger partial charge in [-0.15, -0.1) is 11.3 Å². The van der Waals surface area contributed by atoms with Gasteiger partial charge in [0.15, 0.2) is 6.61 Å². The lowest BCUT2D eigenvalue weighted by molar-refractivity contribution is -0.157. The van der Waals surface area contributed by atoms with Crippen LogP contribution in [0, 0.1) is 0 Å². The normalized spacial score (nSPS) is 15.1. The first-order chi connectivity index (χ1) is 17.2. The van der Waals surface area contributed by atoms with Crippen molar-refractivity contribution in [3.8, 4) is 5.75 Å². The van der Waals surface area contributed by atoms with Gasteiger partial charge in [-0.05, 0) is 81.9 Å². The highest BCUT2D eigenvalue weighted by molar-refractivity contribution is 7.19. The molecule has 0 spiro atoms. The number of ether oxygens (including phenoxy) is 2. The third-order valence-electron chi connectivity index (χ3n) is 6.31. The van der Waals surface area contributed by atoms with E-state index < -0.39 is 11.6 Å². The summed E-state index contributed by atoms with van der Waals surface area (Å²) in [4.78, 5) is 30.9. The Balaban J connectivity index is 1.49. The van der Waals surface area contributed by atoms with Crippen molar-refractivity contribution in [2.75, 3.05) is 33.3 Å². The number of thiophene rings is 1. The number of likely N-dealkylation sites (tertiary alicyclic amines) is 1. The van der Waals surface area contributed by atoms with E-state index in [-0.39, 0.29) is 18.6 Å². The predicted octanol–water partition coefficient (Wildman–Crippen LogP) is 5.46. The standard InChI is InChI=1S/C29H36N2O4S/c1-29(2,3)35-28(33)20-34-23-12-9-11-21(16-23)25(19-31-14-7-8-15-31)30(4)27(32)18-24-17-22-10-5-6-13-26(22)36-24/h5-6,9-13,16-17,25H,7-8,14-15,18-20H2,1-4H3/t25-/m1/s1. The van der Waals surface area contributed by atoms with Crippen molar-refractivity contribution in [2.45, 2.75) is 51.7 Å². The van der Waals surface area contributed by atoms with Crippen molar-refractivity contribution in [1.82, 2.24) is 9.80 Å². The Bertz CT molecular complexity index is 1160. The summed E-state index contributed by atoms with van der Waals surface area (Å²) in [5, 5.41) is 1.18. The third-order valence-corrected chi connectivity index (χ3v) is 7.43. The first-order valence-electron chi connectivity index (χ1n) is 12.6. The summed E-state index contributed by atoms with van der Waals surface area (Å²) in [7, 11) is 1.89. The van der Waals surface area contributed by atoms with Crippen LogP contribution < -0.4 is 4.74 Å². The second-order valence-corrected chi connectivity index (χ2v) is 11.6. The quantitative estimate of drug-likeness (QED) is 0.359. The average Bonchev–Trinajstić information content (AvgIpc) is 3.49. The van der Waals surface area contributed by atoms with Crippen LogP contribution >= 0.6 is 11.3 Å². The number of hydrogen-bond acceptors (Lipinski definition) is 6. The van der Waals surface area contributed by atoms with Crippen LogP contribution in [0.2, 0.25) is 0 Å². The second-order valence-electron chi connectivity index (χ2n) is 10.4. The minimum Gasteiger partial charge on any atom is -0.482 e. The Kier molecular flexibility index (Phi) is 8.32. The van der Waals surface area contributed by atoms with Gasteiger partial charge in [-0.25, -0.2) is 4.79 Å². The zero-order chi connectivity index (χ0) is 25.7. The van der Waals surface area contributed by atoms with Crippen LogP contribution in [0.5, 0.6) is 5.75 Å². The first kappa shape index (κ1) is 26.2. The lowest BCUT2D eigenvalue weighted by Gasteiger charge is -2.32. The molecule has 1 atom stereocenters. The highest BCUT2D eigenvalue weighted by Gasteiger charge is 2.26. The van der Waals surface area contributed by atoms with Crippen LogP contribution in [0.4, 0.5) is 0 Å². The van der Waals surface area contributed by atoms with E-state index >= 15 is 0 Å². The number of rotatable bonds is 9. The molecule has 4 rings (SSSR count). The summed E-state index contributed by atoms with van der Waals surface area (Å²) in [6.45, 7) is 8.20. The zero-order valence-corrected chi connectivity index (χ0v) is 22.5. The fourth-order valence-corrected chi connectivity index (χ4v) is 5.61. The highest BCUT2D eigenvalue weighted by atomic mass is 32.1. The van der Waals surface area contributed by atoms with Gasteiger partial charge < -0.3 is 19.3 Å². The molecular weight excluding hydrogens is 472 g/mol. The zero-order valence-electron chi connectivity index (χ0n) is 21.7. The SMILES string of the molecule is CN(C(=O)Cc1cc2ccccc2s1)[C@H](CN1CCCC1)c1cccc(OCC(=O)OC(C)(C)C)c1. The number of benzene rings is 2. The number of hydrogen-bond donors (Lipinski definition) is 0. The van der Waals surface area contributed by atoms with E-state index in [1.54, 1.807) is 11.3 Å². The summed E-state index contributed by atoms with van der Waals surface area (Å²) < 4.78 is 12.3. The van der Waals surface area contributed by atoms with E-state index in [4.69, 9.17) is 9.47 Å². The van der Waals surface area contributed by atoms with E-state index in [2.05, 4.69) is 23.1 Å². The fraction of sp³-hybridized carbons (Fsp3) is 0.448. The molecule has 0 N–H and O–H groups in total. The predicted molar refractivity (Wildman–Crippen MR) is 144 cm³/mol. The molecule has 2 aromatic carbocycles. The van der Waals surface area contributed by atoms with Crippen molar-refractivity contribution in [2.24, 2.45) is 0 Å². The number of fused-ring (bicyclic) bond motifs is 1. The Labute approximate surface area is 217 Å². The summed E-state index contributed by atoms with van der Waals surface area (Å²) in [5.74, 6) is 0.276. The Morgan fingerprint density at radius 1 is 1.06 bits per heavy atom. The molecule has 1 fully saturated rings. The molecule has 0 unspecified atom stereocenters. The van der Waals surface area contributed by atoms with Gasteiger partial charge in [-0.1, -0.05) is 30.3 Å².